The molecular formula is C16H23NO3. The second-order valence-corrected chi connectivity index (χ2v) is 6.01. The maximum absolute atomic E-state index is 12.1. The molecule has 0 fully saturated rings. The summed E-state index contributed by atoms with van der Waals surface area (Å²) >= 11 is 0. The highest BCUT2D eigenvalue weighted by molar-refractivity contribution is 5.88. The molecule has 0 heterocycles. The van der Waals surface area contributed by atoms with E-state index in [1.165, 1.54) is 6.92 Å². The van der Waals surface area contributed by atoms with Crippen molar-refractivity contribution < 1.29 is 14.3 Å². The van der Waals surface area contributed by atoms with E-state index in [4.69, 9.17) is 4.74 Å². The lowest BCUT2D eigenvalue weighted by molar-refractivity contribution is -0.128. The van der Waals surface area contributed by atoms with Gasteiger partial charge in [0.2, 0.25) is 5.91 Å². The van der Waals surface area contributed by atoms with Crippen molar-refractivity contribution >= 4 is 11.7 Å². The Kier molecular flexibility index (Phi) is 5.31. The molecule has 0 saturated carbocycles. The zero-order valence-electron chi connectivity index (χ0n) is 12.8. The quantitative estimate of drug-likeness (QED) is 0.899. The van der Waals surface area contributed by atoms with Crippen molar-refractivity contribution in [2.24, 2.45) is 5.41 Å². The maximum atomic E-state index is 12.1. The number of nitrogens with one attached hydrogen (secondary N) is 1. The summed E-state index contributed by atoms with van der Waals surface area (Å²) in [6, 6.07) is 6.88. The fourth-order valence-electron chi connectivity index (χ4n) is 2.11. The van der Waals surface area contributed by atoms with Crippen molar-refractivity contribution in [1.29, 1.82) is 0 Å². The summed E-state index contributed by atoms with van der Waals surface area (Å²) < 4.78 is 5.12. The Morgan fingerprint density at radius 3 is 2.45 bits per heavy atom. The molecule has 110 valence electrons. The predicted molar refractivity (Wildman–Crippen MR) is 78.8 cm³/mol. The first-order valence-corrected chi connectivity index (χ1v) is 6.67. The number of amides is 1. The number of rotatable bonds is 5. The van der Waals surface area contributed by atoms with E-state index < -0.39 is 6.04 Å². The highest BCUT2D eigenvalue weighted by Gasteiger charge is 2.29. The van der Waals surface area contributed by atoms with Crippen LogP contribution >= 0.6 is 0 Å². The van der Waals surface area contributed by atoms with E-state index in [2.05, 4.69) is 5.32 Å². The van der Waals surface area contributed by atoms with Crippen molar-refractivity contribution in [2.45, 2.75) is 40.2 Å². The van der Waals surface area contributed by atoms with Gasteiger partial charge in [-0.25, -0.2) is 0 Å². The predicted octanol–water partition coefficient (Wildman–Crippen LogP) is 2.36. The van der Waals surface area contributed by atoms with Gasteiger partial charge in [-0.2, -0.15) is 0 Å². The number of ketones is 1. The second-order valence-electron chi connectivity index (χ2n) is 6.01. The molecule has 0 bridgehead atoms. The first-order valence-electron chi connectivity index (χ1n) is 6.67. The SMILES string of the molecule is COc1cccc(CC(=O)NC(C(C)=O)C(C)(C)C)c1. The van der Waals surface area contributed by atoms with E-state index in [0.29, 0.717) is 5.75 Å². The summed E-state index contributed by atoms with van der Waals surface area (Å²) in [7, 11) is 1.59. The molecule has 0 spiro atoms. The van der Waals surface area contributed by atoms with Crippen molar-refractivity contribution in [1.82, 2.24) is 5.32 Å². The summed E-state index contributed by atoms with van der Waals surface area (Å²) in [5.41, 5.74) is 0.564. The molecule has 0 saturated heterocycles. The van der Waals surface area contributed by atoms with Crippen LogP contribution in [0.3, 0.4) is 0 Å². The molecule has 4 nitrogen and oxygen atoms in total. The number of hydrogen-bond acceptors (Lipinski definition) is 3. The Morgan fingerprint density at radius 2 is 1.95 bits per heavy atom. The molecule has 0 aliphatic heterocycles. The molecule has 1 atom stereocenters. The van der Waals surface area contributed by atoms with Crippen LogP contribution in [0.1, 0.15) is 33.3 Å². The Morgan fingerprint density at radius 1 is 1.30 bits per heavy atom. The van der Waals surface area contributed by atoms with Gasteiger partial charge in [0.15, 0.2) is 5.78 Å². The van der Waals surface area contributed by atoms with Crippen LogP contribution in [0.15, 0.2) is 24.3 Å². The second kappa shape index (κ2) is 6.55. The van der Waals surface area contributed by atoms with E-state index in [0.717, 1.165) is 5.56 Å². The van der Waals surface area contributed by atoms with Crippen molar-refractivity contribution in [3.63, 3.8) is 0 Å². The zero-order valence-corrected chi connectivity index (χ0v) is 12.8. The van der Waals surface area contributed by atoms with Gasteiger partial charge < -0.3 is 10.1 Å². The molecule has 1 rings (SSSR count). The summed E-state index contributed by atoms with van der Waals surface area (Å²) in [4.78, 5) is 23.7. The molecule has 0 radical (unpaired) electrons. The summed E-state index contributed by atoms with van der Waals surface area (Å²) in [6.45, 7) is 7.31. The Hall–Kier alpha value is -1.84. The van der Waals surface area contributed by atoms with Gasteiger partial charge in [-0.1, -0.05) is 32.9 Å². The maximum Gasteiger partial charge on any atom is 0.225 e. The van der Waals surface area contributed by atoms with E-state index in [-0.39, 0.29) is 23.5 Å². The van der Waals surface area contributed by atoms with Crippen molar-refractivity contribution in [3.8, 4) is 5.75 Å². The normalized spacial score (nSPS) is 12.7. The van der Waals surface area contributed by atoms with E-state index in [1.54, 1.807) is 7.11 Å². The van der Waals surface area contributed by atoms with Gasteiger partial charge in [-0.05, 0) is 30.0 Å². The highest BCUT2D eigenvalue weighted by Crippen LogP contribution is 2.20. The van der Waals surface area contributed by atoms with E-state index >= 15 is 0 Å². The lowest BCUT2D eigenvalue weighted by Gasteiger charge is -2.29. The highest BCUT2D eigenvalue weighted by atomic mass is 16.5. The third-order valence-corrected chi connectivity index (χ3v) is 3.08. The third-order valence-electron chi connectivity index (χ3n) is 3.08. The number of ether oxygens (including phenoxy) is 1. The van der Waals surface area contributed by atoms with Crippen LogP contribution in [0.4, 0.5) is 0 Å². The number of methoxy groups -OCH3 is 1. The van der Waals surface area contributed by atoms with Crippen molar-refractivity contribution in [2.75, 3.05) is 7.11 Å². The number of Topliss-reactive ketones (excluding diaryl/α,β-unsaturated/α-hetero) is 1. The number of carbonyl (C=O) groups is 2. The zero-order chi connectivity index (χ0) is 15.3. The molecule has 0 aliphatic rings. The fraction of sp³-hybridized carbons (Fsp3) is 0.500. The lowest BCUT2D eigenvalue weighted by Crippen LogP contribution is -2.48. The molecule has 0 aromatic heterocycles. The van der Waals surface area contributed by atoms with Gasteiger partial charge in [-0.15, -0.1) is 0 Å². The van der Waals surface area contributed by atoms with Crippen LogP contribution in [0.5, 0.6) is 5.75 Å². The average Bonchev–Trinajstić information content (AvgIpc) is 2.34. The summed E-state index contributed by atoms with van der Waals surface area (Å²) in [6.07, 6.45) is 0.233. The summed E-state index contributed by atoms with van der Waals surface area (Å²) in [5.74, 6) is 0.527. The van der Waals surface area contributed by atoms with Gasteiger partial charge in [-0.3, -0.25) is 9.59 Å². The standard InChI is InChI=1S/C16H23NO3/c1-11(18)15(16(2,3)4)17-14(19)10-12-7-6-8-13(9-12)20-5/h6-9,15H,10H2,1-5H3,(H,17,19). The minimum Gasteiger partial charge on any atom is -0.497 e. The Balaban J connectivity index is 2.73. The largest absolute Gasteiger partial charge is 0.497 e. The van der Waals surface area contributed by atoms with Crippen LogP contribution < -0.4 is 10.1 Å². The number of carbonyl (C=O) groups excluding carboxylic acids is 2. The molecular weight excluding hydrogens is 254 g/mol. The van der Waals surface area contributed by atoms with Gasteiger partial charge in [0.05, 0.1) is 19.6 Å². The average molecular weight is 277 g/mol. The number of hydrogen-bond donors (Lipinski definition) is 1. The molecule has 1 amide bonds. The van der Waals surface area contributed by atoms with Gasteiger partial charge in [0.1, 0.15) is 5.75 Å². The molecule has 1 N–H and O–H groups in total. The number of benzene rings is 1. The molecule has 0 aliphatic carbocycles. The minimum absolute atomic E-state index is 0.0310. The Bertz CT molecular complexity index is 489. The van der Waals surface area contributed by atoms with Crippen LogP contribution in [-0.2, 0) is 16.0 Å². The molecule has 20 heavy (non-hydrogen) atoms. The summed E-state index contributed by atoms with van der Waals surface area (Å²) in [5, 5.41) is 2.81. The van der Waals surface area contributed by atoms with Crippen molar-refractivity contribution in [3.05, 3.63) is 29.8 Å². The first kappa shape index (κ1) is 16.2. The van der Waals surface area contributed by atoms with E-state index in [1.807, 2.05) is 45.0 Å². The smallest absolute Gasteiger partial charge is 0.225 e. The molecule has 1 unspecified atom stereocenters. The van der Waals surface area contributed by atoms with Gasteiger partial charge >= 0.3 is 0 Å². The van der Waals surface area contributed by atoms with E-state index in [9.17, 15) is 9.59 Å². The fourth-order valence-corrected chi connectivity index (χ4v) is 2.11. The Labute approximate surface area is 120 Å². The minimum atomic E-state index is -0.472. The monoisotopic (exact) mass is 277 g/mol. The van der Waals surface area contributed by atoms with Crippen LogP contribution in [0, 0.1) is 5.41 Å². The lowest BCUT2D eigenvalue weighted by atomic mass is 9.84. The van der Waals surface area contributed by atoms with Gasteiger partial charge in [0.25, 0.3) is 0 Å². The van der Waals surface area contributed by atoms with Gasteiger partial charge in [0, 0.05) is 0 Å². The third kappa shape index (κ3) is 4.68. The molecule has 1 aromatic carbocycles. The molecule has 4 heteroatoms. The van der Waals surface area contributed by atoms with Crippen LogP contribution in [0.2, 0.25) is 0 Å². The first-order chi connectivity index (χ1) is 9.24. The molecule has 1 aromatic rings. The topological polar surface area (TPSA) is 55.4 Å². The van der Waals surface area contributed by atoms with Crippen LogP contribution in [0.25, 0.3) is 0 Å². The van der Waals surface area contributed by atoms with Crippen LogP contribution in [-0.4, -0.2) is 24.8 Å².